The normalized spacial score (nSPS) is 15.4. The molecule has 2 nitrogen and oxygen atoms in total. The van der Waals surface area contributed by atoms with Crippen molar-refractivity contribution < 1.29 is 0 Å². The molecular weight excluding hydrogens is 244 g/mol. The topological polar surface area (TPSA) is 24.9 Å². The fraction of sp³-hybridized carbons (Fsp3) is 0.400. The van der Waals surface area contributed by atoms with Crippen molar-refractivity contribution in [2.45, 2.75) is 26.2 Å². The number of fused-ring (bicyclic) bond motifs is 2. The number of pyridine rings is 1. The molecule has 0 saturated heterocycles. The smallest absolute Gasteiger partial charge is 0.0752 e. The summed E-state index contributed by atoms with van der Waals surface area (Å²) in [5, 5.41) is 5.34. The summed E-state index contributed by atoms with van der Waals surface area (Å²) >= 11 is 6.31. The van der Waals surface area contributed by atoms with Gasteiger partial charge in [0.05, 0.1) is 5.52 Å². The summed E-state index contributed by atoms with van der Waals surface area (Å²) < 4.78 is 0. The molecule has 2 aromatic rings. The molecule has 0 amide bonds. The van der Waals surface area contributed by atoms with Gasteiger partial charge >= 0.3 is 0 Å². The Morgan fingerprint density at radius 1 is 1.28 bits per heavy atom. The largest absolute Gasteiger partial charge is 0.316 e. The van der Waals surface area contributed by atoms with Crippen molar-refractivity contribution in [3.8, 4) is 0 Å². The standard InChI is InChI=1S/C15H17ClN2/c1-2-10-3-4-13(16)12-9-11-5-7-17-8-6-14(11)18-15(10)12/h3-4,9,17H,2,5-8H2,1H3. The van der Waals surface area contributed by atoms with Crippen LogP contribution in [0, 0.1) is 0 Å². The number of aromatic nitrogens is 1. The van der Waals surface area contributed by atoms with Crippen molar-refractivity contribution in [3.63, 3.8) is 0 Å². The van der Waals surface area contributed by atoms with E-state index >= 15 is 0 Å². The first-order valence-corrected chi connectivity index (χ1v) is 6.98. The highest BCUT2D eigenvalue weighted by Crippen LogP contribution is 2.28. The molecule has 1 N–H and O–H groups in total. The van der Waals surface area contributed by atoms with E-state index in [1.54, 1.807) is 0 Å². The summed E-state index contributed by atoms with van der Waals surface area (Å²) in [7, 11) is 0. The third-order valence-electron chi connectivity index (χ3n) is 3.67. The molecule has 94 valence electrons. The molecule has 0 aliphatic carbocycles. The second kappa shape index (κ2) is 4.87. The molecule has 0 saturated carbocycles. The zero-order valence-corrected chi connectivity index (χ0v) is 11.3. The molecule has 1 aromatic carbocycles. The van der Waals surface area contributed by atoms with Gasteiger partial charge in [0.25, 0.3) is 0 Å². The highest BCUT2D eigenvalue weighted by atomic mass is 35.5. The molecule has 1 aliphatic heterocycles. The van der Waals surface area contributed by atoms with E-state index in [0.29, 0.717) is 0 Å². The maximum absolute atomic E-state index is 6.31. The van der Waals surface area contributed by atoms with Gasteiger partial charge < -0.3 is 5.32 Å². The van der Waals surface area contributed by atoms with E-state index in [0.717, 1.165) is 48.3 Å². The van der Waals surface area contributed by atoms with E-state index < -0.39 is 0 Å². The van der Waals surface area contributed by atoms with Gasteiger partial charge in [0, 0.05) is 29.1 Å². The Kier molecular flexibility index (Phi) is 3.23. The molecule has 3 heteroatoms. The van der Waals surface area contributed by atoms with Crippen molar-refractivity contribution in [2.75, 3.05) is 13.1 Å². The average molecular weight is 261 g/mol. The zero-order chi connectivity index (χ0) is 12.5. The predicted molar refractivity (Wildman–Crippen MR) is 76.4 cm³/mol. The maximum Gasteiger partial charge on any atom is 0.0752 e. The van der Waals surface area contributed by atoms with E-state index in [9.17, 15) is 0 Å². The Labute approximate surface area is 112 Å². The van der Waals surface area contributed by atoms with Crippen LogP contribution in [0.2, 0.25) is 5.02 Å². The van der Waals surface area contributed by atoms with Crippen molar-refractivity contribution in [1.29, 1.82) is 0 Å². The van der Waals surface area contributed by atoms with Gasteiger partial charge in [-0.05, 0) is 42.6 Å². The Hall–Kier alpha value is -1.12. The number of nitrogens with zero attached hydrogens (tertiary/aromatic N) is 1. The summed E-state index contributed by atoms with van der Waals surface area (Å²) in [4.78, 5) is 4.88. The van der Waals surface area contributed by atoms with E-state index in [2.05, 4.69) is 24.4 Å². The van der Waals surface area contributed by atoms with Crippen molar-refractivity contribution in [2.24, 2.45) is 0 Å². The minimum absolute atomic E-state index is 0.815. The molecular formula is C15H17ClN2. The lowest BCUT2D eigenvalue weighted by Crippen LogP contribution is -2.16. The van der Waals surface area contributed by atoms with Crippen LogP contribution in [-0.4, -0.2) is 18.1 Å². The van der Waals surface area contributed by atoms with Gasteiger partial charge in [-0.2, -0.15) is 0 Å². The highest BCUT2D eigenvalue weighted by Gasteiger charge is 2.13. The van der Waals surface area contributed by atoms with Gasteiger partial charge in [0.15, 0.2) is 0 Å². The average Bonchev–Trinajstić information content (AvgIpc) is 2.62. The monoisotopic (exact) mass is 260 g/mol. The number of hydrogen-bond donors (Lipinski definition) is 1. The number of benzene rings is 1. The third kappa shape index (κ3) is 2.00. The maximum atomic E-state index is 6.31. The lowest BCUT2D eigenvalue weighted by atomic mass is 10.0. The summed E-state index contributed by atoms with van der Waals surface area (Å²) in [6.07, 6.45) is 3.06. The molecule has 0 bridgehead atoms. The minimum atomic E-state index is 0.815. The number of halogens is 1. The van der Waals surface area contributed by atoms with Crippen molar-refractivity contribution in [3.05, 3.63) is 40.0 Å². The first-order chi connectivity index (χ1) is 8.79. The van der Waals surface area contributed by atoms with Crippen LogP contribution in [0.1, 0.15) is 23.7 Å². The summed E-state index contributed by atoms with van der Waals surface area (Å²) in [5.74, 6) is 0. The van der Waals surface area contributed by atoms with E-state index in [-0.39, 0.29) is 0 Å². The van der Waals surface area contributed by atoms with E-state index in [4.69, 9.17) is 16.6 Å². The first kappa shape index (κ1) is 11.9. The Morgan fingerprint density at radius 3 is 2.94 bits per heavy atom. The van der Waals surface area contributed by atoms with Crippen LogP contribution in [0.4, 0.5) is 0 Å². The predicted octanol–water partition coefficient (Wildman–Crippen LogP) is 3.14. The molecule has 0 fully saturated rings. The molecule has 2 heterocycles. The summed E-state index contributed by atoms with van der Waals surface area (Å²) in [6, 6.07) is 6.33. The second-order valence-electron chi connectivity index (χ2n) is 4.80. The number of rotatable bonds is 1. The highest BCUT2D eigenvalue weighted by molar-refractivity contribution is 6.35. The number of nitrogens with one attached hydrogen (secondary N) is 1. The molecule has 0 atom stereocenters. The number of hydrogen-bond acceptors (Lipinski definition) is 2. The Balaban J connectivity index is 2.27. The van der Waals surface area contributed by atoms with Gasteiger partial charge in [-0.25, -0.2) is 0 Å². The fourth-order valence-corrected chi connectivity index (χ4v) is 2.84. The quantitative estimate of drug-likeness (QED) is 0.852. The van der Waals surface area contributed by atoms with Crippen LogP contribution in [0.3, 0.4) is 0 Å². The van der Waals surface area contributed by atoms with Crippen LogP contribution >= 0.6 is 11.6 Å². The minimum Gasteiger partial charge on any atom is -0.316 e. The van der Waals surface area contributed by atoms with Crippen LogP contribution in [-0.2, 0) is 19.3 Å². The van der Waals surface area contributed by atoms with Gasteiger partial charge in [0.1, 0.15) is 0 Å². The van der Waals surface area contributed by atoms with Crippen molar-refractivity contribution >= 4 is 22.5 Å². The van der Waals surface area contributed by atoms with Gasteiger partial charge in [-0.15, -0.1) is 0 Å². The second-order valence-corrected chi connectivity index (χ2v) is 5.21. The van der Waals surface area contributed by atoms with E-state index in [1.165, 1.54) is 16.8 Å². The zero-order valence-electron chi connectivity index (χ0n) is 10.6. The molecule has 18 heavy (non-hydrogen) atoms. The van der Waals surface area contributed by atoms with E-state index in [1.807, 2.05) is 6.07 Å². The van der Waals surface area contributed by atoms with Gasteiger partial charge in [0.2, 0.25) is 0 Å². The summed E-state index contributed by atoms with van der Waals surface area (Å²) in [5.41, 5.74) is 4.96. The lowest BCUT2D eigenvalue weighted by Gasteiger charge is -2.11. The number of aryl methyl sites for hydroxylation is 1. The fourth-order valence-electron chi connectivity index (χ4n) is 2.64. The molecule has 0 unspecified atom stereocenters. The van der Waals surface area contributed by atoms with Crippen LogP contribution in [0.25, 0.3) is 10.9 Å². The summed E-state index contributed by atoms with van der Waals surface area (Å²) in [6.45, 7) is 4.22. The third-order valence-corrected chi connectivity index (χ3v) is 4.00. The molecule has 1 aromatic heterocycles. The van der Waals surface area contributed by atoms with Crippen LogP contribution in [0.5, 0.6) is 0 Å². The van der Waals surface area contributed by atoms with Crippen LogP contribution in [0.15, 0.2) is 18.2 Å². The molecule has 0 radical (unpaired) electrons. The van der Waals surface area contributed by atoms with Crippen molar-refractivity contribution in [1.82, 2.24) is 10.3 Å². The lowest BCUT2D eigenvalue weighted by molar-refractivity contribution is 0.708. The Bertz CT molecular complexity index is 593. The molecule has 3 rings (SSSR count). The van der Waals surface area contributed by atoms with Gasteiger partial charge in [-0.3, -0.25) is 4.98 Å². The van der Waals surface area contributed by atoms with Gasteiger partial charge in [-0.1, -0.05) is 24.6 Å². The SMILES string of the molecule is CCc1ccc(Cl)c2cc3c(nc12)CCNCC3. The Morgan fingerprint density at radius 2 is 2.11 bits per heavy atom. The first-order valence-electron chi connectivity index (χ1n) is 6.60. The van der Waals surface area contributed by atoms with Crippen LogP contribution < -0.4 is 5.32 Å². The molecule has 1 aliphatic rings. The molecule has 0 spiro atoms.